The number of H-pyrrole nitrogens is 1. The minimum Gasteiger partial charge on any atom is -0.463 e. The van der Waals surface area contributed by atoms with Gasteiger partial charge in [0.2, 0.25) is 0 Å². The normalized spacial score (nSPS) is 17.6. The zero-order chi connectivity index (χ0) is 14.1. The lowest BCUT2D eigenvalue weighted by molar-refractivity contribution is 0.0789. The Morgan fingerprint density at radius 1 is 1.38 bits per heavy atom. The molecule has 0 aliphatic carbocycles. The van der Waals surface area contributed by atoms with Crippen molar-refractivity contribution in [2.45, 2.75) is 12.5 Å². The van der Waals surface area contributed by atoms with Gasteiger partial charge in [-0.1, -0.05) is 0 Å². The molecular formula is C14H16ClN3O3. The van der Waals surface area contributed by atoms with Crippen LogP contribution in [0.25, 0.3) is 11.5 Å². The monoisotopic (exact) mass is 309 g/mol. The van der Waals surface area contributed by atoms with Crippen LogP contribution in [-0.2, 0) is 0 Å². The van der Waals surface area contributed by atoms with E-state index < -0.39 is 5.56 Å². The molecule has 1 aliphatic heterocycles. The predicted octanol–water partition coefficient (Wildman–Crippen LogP) is 1.23. The highest BCUT2D eigenvalue weighted by molar-refractivity contribution is 5.94. The third kappa shape index (κ3) is 3.01. The number of carbonyl (C=O) groups is 1. The lowest BCUT2D eigenvalue weighted by Gasteiger charge is -2.15. The third-order valence-electron chi connectivity index (χ3n) is 3.44. The summed E-state index contributed by atoms with van der Waals surface area (Å²) < 4.78 is 5.21. The third-order valence-corrected chi connectivity index (χ3v) is 3.44. The molecule has 1 aliphatic rings. The van der Waals surface area contributed by atoms with E-state index in [4.69, 9.17) is 10.2 Å². The summed E-state index contributed by atoms with van der Waals surface area (Å²) >= 11 is 0. The molecule has 0 aromatic carbocycles. The van der Waals surface area contributed by atoms with E-state index in [1.165, 1.54) is 12.3 Å². The van der Waals surface area contributed by atoms with E-state index in [1.807, 2.05) is 0 Å². The standard InChI is InChI=1S/C14H15N3O3.ClH/c15-9-5-6-17(8-9)14(19)10-3-4-11(16-13(10)18)12-2-1-7-20-12;/h1-4,7,9H,5-6,8,15H2,(H,16,18);1H/t9-;/m1./s1. The van der Waals surface area contributed by atoms with Crippen LogP contribution in [0.3, 0.4) is 0 Å². The van der Waals surface area contributed by atoms with Crippen LogP contribution < -0.4 is 11.3 Å². The zero-order valence-corrected chi connectivity index (χ0v) is 12.1. The van der Waals surface area contributed by atoms with Crippen LogP contribution in [0, 0.1) is 0 Å². The Labute approximate surface area is 127 Å². The van der Waals surface area contributed by atoms with Crippen molar-refractivity contribution in [3.8, 4) is 11.5 Å². The molecule has 0 radical (unpaired) electrons. The second-order valence-electron chi connectivity index (χ2n) is 4.89. The van der Waals surface area contributed by atoms with E-state index in [0.29, 0.717) is 24.5 Å². The van der Waals surface area contributed by atoms with Crippen LogP contribution in [0.1, 0.15) is 16.8 Å². The summed E-state index contributed by atoms with van der Waals surface area (Å²) in [5, 5.41) is 0. The molecule has 3 rings (SSSR count). The highest BCUT2D eigenvalue weighted by Crippen LogP contribution is 2.16. The van der Waals surface area contributed by atoms with Crippen molar-refractivity contribution in [1.82, 2.24) is 9.88 Å². The molecule has 1 atom stereocenters. The number of nitrogens with two attached hydrogens (primary N) is 1. The van der Waals surface area contributed by atoms with Gasteiger partial charge in [-0.25, -0.2) is 0 Å². The molecule has 1 saturated heterocycles. The van der Waals surface area contributed by atoms with Crippen LogP contribution in [0.2, 0.25) is 0 Å². The van der Waals surface area contributed by atoms with Gasteiger partial charge in [0.1, 0.15) is 11.3 Å². The van der Waals surface area contributed by atoms with Crippen molar-refractivity contribution in [1.29, 1.82) is 0 Å². The van der Waals surface area contributed by atoms with Crippen molar-refractivity contribution in [2.75, 3.05) is 13.1 Å². The quantitative estimate of drug-likeness (QED) is 0.872. The van der Waals surface area contributed by atoms with Gasteiger partial charge in [0.05, 0.1) is 12.0 Å². The van der Waals surface area contributed by atoms with Crippen molar-refractivity contribution in [2.24, 2.45) is 5.73 Å². The topological polar surface area (TPSA) is 92.3 Å². The number of nitrogens with zero attached hydrogens (tertiary/aromatic N) is 1. The summed E-state index contributed by atoms with van der Waals surface area (Å²) in [5.74, 6) is 0.287. The van der Waals surface area contributed by atoms with Gasteiger partial charge >= 0.3 is 0 Å². The Balaban J connectivity index is 0.00000161. The lowest BCUT2D eigenvalue weighted by Crippen LogP contribution is -2.35. The van der Waals surface area contributed by atoms with Crippen molar-refractivity contribution >= 4 is 18.3 Å². The summed E-state index contributed by atoms with van der Waals surface area (Å²) in [7, 11) is 0. The number of amides is 1. The molecule has 6 nitrogen and oxygen atoms in total. The Morgan fingerprint density at radius 3 is 2.76 bits per heavy atom. The Morgan fingerprint density at radius 2 is 2.19 bits per heavy atom. The Kier molecular flexibility index (Phi) is 4.50. The van der Waals surface area contributed by atoms with Gasteiger partial charge in [0, 0.05) is 19.1 Å². The molecule has 3 heterocycles. The summed E-state index contributed by atoms with van der Waals surface area (Å²) in [6.07, 6.45) is 2.30. The number of aromatic amines is 1. The van der Waals surface area contributed by atoms with Gasteiger partial charge in [-0.15, -0.1) is 12.4 Å². The molecule has 112 valence electrons. The number of halogens is 1. The first kappa shape index (κ1) is 15.3. The summed E-state index contributed by atoms with van der Waals surface area (Å²) in [5.41, 5.74) is 6.05. The largest absolute Gasteiger partial charge is 0.463 e. The molecule has 0 bridgehead atoms. The second-order valence-corrected chi connectivity index (χ2v) is 4.89. The molecule has 2 aromatic rings. The van der Waals surface area contributed by atoms with E-state index in [0.717, 1.165) is 6.42 Å². The first-order valence-corrected chi connectivity index (χ1v) is 6.47. The van der Waals surface area contributed by atoms with E-state index in [1.54, 1.807) is 23.1 Å². The number of nitrogens with one attached hydrogen (secondary N) is 1. The molecule has 7 heteroatoms. The van der Waals surface area contributed by atoms with Gasteiger partial charge < -0.3 is 20.0 Å². The average Bonchev–Trinajstić information content (AvgIpc) is 3.09. The number of pyridine rings is 1. The molecular weight excluding hydrogens is 294 g/mol. The molecule has 3 N–H and O–H groups in total. The van der Waals surface area contributed by atoms with Gasteiger partial charge in [-0.3, -0.25) is 9.59 Å². The van der Waals surface area contributed by atoms with E-state index >= 15 is 0 Å². The molecule has 0 spiro atoms. The fourth-order valence-electron chi connectivity index (χ4n) is 2.36. The molecule has 2 aromatic heterocycles. The maximum absolute atomic E-state index is 12.2. The van der Waals surface area contributed by atoms with Crippen LogP contribution in [0.4, 0.5) is 0 Å². The molecule has 1 amide bonds. The van der Waals surface area contributed by atoms with Crippen molar-refractivity contribution in [3.63, 3.8) is 0 Å². The Hall–Kier alpha value is -2.05. The zero-order valence-electron chi connectivity index (χ0n) is 11.2. The smallest absolute Gasteiger partial charge is 0.261 e. The average molecular weight is 310 g/mol. The van der Waals surface area contributed by atoms with E-state index in [9.17, 15) is 9.59 Å². The highest BCUT2D eigenvalue weighted by atomic mass is 35.5. The van der Waals surface area contributed by atoms with Crippen LogP contribution in [-0.4, -0.2) is 34.9 Å². The molecule has 0 saturated carbocycles. The van der Waals surface area contributed by atoms with Gasteiger partial charge in [0.25, 0.3) is 11.5 Å². The van der Waals surface area contributed by atoms with Crippen LogP contribution in [0.5, 0.6) is 0 Å². The van der Waals surface area contributed by atoms with E-state index in [-0.39, 0.29) is 29.9 Å². The van der Waals surface area contributed by atoms with Gasteiger partial charge in [-0.05, 0) is 30.7 Å². The molecule has 0 unspecified atom stereocenters. The first-order valence-electron chi connectivity index (χ1n) is 6.47. The SMILES string of the molecule is Cl.N[C@@H]1CCN(C(=O)c2ccc(-c3ccco3)[nH]c2=O)C1. The van der Waals surface area contributed by atoms with Crippen molar-refractivity contribution < 1.29 is 9.21 Å². The van der Waals surface area contributed by atoms with Crippen LogP contribution >= 0.6 is 12.4 Å². The molecule has 1 fully saturated rings. The number of carbonyl (C=O) groups excluding carboxylic acids is 1. The first-order chi connectivity index (χ1) is 9.65. The van der Waals surface area contributed by atoms with Gasteiger partial charge in [-0.2, -0.15) is 0 Å². The summed E-state index contributed by atoms with van der Waals surface area (Å²) in [4.78, 5) is 28.6. The fraction of sp³-hybridized carbons (Fsp3) is 0.286. The minimum absolute atomic E-state index is 0. The number of furan rings is 1. The molecule has 21 heavy (non-hydrogen) atoms. The lowest BCUT2D eigenvalue weighted by atomic mass is 10.2. The van der Waals surface area contributed by atoms with Crippen LogP contribution in [0.15, 0.2) is 39.7 Å². The predicted molar refractivity (Wildman–Crippen MR) is 80.5 cm³/mol. The summed E-state index contributed by atoms with van der Waals surface area (Å²) in [6.45, 7) is 1.09. The second kappa shape index (κ2) is 6.15. The number of hydrogen-bond acceptors (Lipinski definition) is 4. The van der Waals surface area contributed by atoms with E-state index in [2.05, 4.69) is 4.98 Å². The maximum Gasteiger partial charge on any atom is 0.261 e. The minimum atomic E-state index is -0.413. The number of rotatable bonds is 2. The fourth-order valence-corrected chi connectivity index (χ4v) is 2.36. The highest BCUT2D eigenvalue weighted by Gasteiger charge is 2.26. The number of aromatic nitrogens is 1. The summed E-state index contributed by atoms with van der Waals surface area (Å²) in [6, 6.07) is 6.68. The van der Waals surface area contributed by atoms with Gasteiger partial charge in [0.15, 0.2) is 0 Å². The Bertz CT molecular complexity index is 681. The van der Waals surface area contributed by atoms with Crippen molar-refractivity contribution in [3.05, 3.63) is 46.4 Å². The number of hydrogen-bond donors (Lipinski definition) is 2. The number of likely N-dealkylation sites (tertiary alicyclic amines) is 1. The maximum atomic E-state index is 12.2.